The Morgan fingerprint density at radius 2 is 2.25 bits per heavy atom. The first-order chi connectivity index (χ1) is 5.65. The molecule has 0 aliphatic rings. The van der Waals surface area contributed by atoms with Crippen molar-refractivity contribution < 1.29 is 9.53 Å². The molecule has 4 nitrogen and oxygen atoms in total. The van der Waals surface area contributed by atoms with E-state index in [1.165, 1.54) is 7.11 Å². The molecule has 0 fully saturated rings. The van der Waals surface area contributed by atoms with Gasteiger partial charge in [-0.1, -0.05) is 0 Å². The Kier molecular flexibility index (Phi) is 2.28. The van der Waals surface area contributed by atoms with Gasteiger partial charge in [0.15, 0.2) is 0 Å². The average Bonchev–Trinajstić information content (AvgIpc) is 2.03. The third-order valence-corrected chi connectivity index (χ3v) is 1.46. The fraction of sp³-hybridized carbons (Fsp3) is 0.250. The van der Waals surface area contributed by atoms with E-state index in [4.69, 9.17) is 10.5 Å². The van der Waals surface area contributed by atoms with Crippen molar-refractivity contribution in [2.45, 2.75) is 6.92 Å². The number of hydrogen-bond donors (Lipinski definition) is 1. The molecule has 0 radical (unpaired) electrons. The molecule has 1 heterocycles. The maximum atomic E-state index is 10.8. The van der Waals surface area contributed by atoms with Crippen molar-refractivity contribution in [2.24, 2.45) is 5.73 Å². The van der Waals surface area contributed by atoms with Crippen molar-refractivity contribution in [2.75, 3.05) is 7.11 Å². The van der Waals surface area contributed by atoms with E-state index in [-0.39, 0.29) is 5.88 Å². The predicted molar refractivity (Wildman–Crippen MR) is 44.0 cm³/mol. The number of primary amides is 1. The van der Waals surface area contributed by atoms with Crippen LogP contribution in [-0.4, -0.2) is 18.0 Å². The number of pyridine rings is 1. The Balaban J connectivity index is 3.20. The predicted octanol–water partition coefficient (Wildman–Crippen LogP) is 0.498. The zero-order valence-electron chi connectivity index (χ0n) is 7.00. The van der Waals surface area contributed by atoms with Gasteiger partial charge < -0.3 is 10.5 Å². The van der Waals surface area contributed by atoms with Crippen LogP contribution >= 0.6 is 0 Å². The zero-order chi connectivity index (χ0) is 9.14. The molecule has 0 spiro atoms. The van der Waals surface area contributed by atoms with Gasteiger partial charge in [0.2, 0.25) is 5.88 Å². The summed E-state index contributed by atoms with van der Waals surface area (Å²) in [6.07, 6.45) is 0. The normalized spacial score (nSPS) is 9.50. The van der Waals surface area contributed by atoms with Crippen LogP contribution in [-0.2, 0) is 0 Å². The third kappa shape index (κ3) is 1.53. The summed E-state index contributed by atoms with van der Waals surface area (Å²) in [5.41, 5.74) is 6.18. The molecule has 12 heavy (non-hydrogen) atoms. The van der Waals surface area contributed by atoms with Crippen LogP contribution < -0.4 is 10.5 Å². The highest BCUT2D eigenvalue weighted by Gasteiger charge is 2.09. The second-order valence-corrected chi connectivity index (χ2v) is 2.37. The summed E-state index contributed by atoms with van der Waals surface area (Å²) in [7, 11) is 1.45. The van der Waals surface area contributed by atoms with Gasteiger partial charge in [0.1, 0.15) is 5.56 Å². The molecule has 0 saturated heterocycles. The lowest BCUT2D eigenvalue weighted by Gasteiger charge is -2.03. The molecule has 0 saturated carbocycles. The minimum absolute atomic E-state index is 0.280. The maximum Gasteiger partial charge on any atom is 0.254 e. The van der Waals surface area contributed by atoms with Crippen LogP contribution in [0.25, 0.3) is 0 Å². The van der Waals surface area contributed by atoms with E-state index in [0.717, 1.165) is 5.69 Å². The number of hydrogen-bond acceptors (Lipinski definition) is 3. The molecular formula is C8H10N2O2. The van der Waals surface area contributed by atoms with Crippen LogP contribution in [0.4, 0.5) is 0 Å². The first-order valence-electron chi connectivity index (χ1n) is 3.46. The van der Waals surface area contributed by atoms with Gasteiger partial charge in [-0.2, -0.15) is 0 Å². The largest absolute Gasteiger partial charge is 0.480 e. The fourth-order valence-corrected chi connectivity index (χ4v) is 0.876. The molecule has 0 aliphatic heterocycles. The molecule has 0 aromatic carbocycles. The van der Waals surface area contributed by atoms with Crippen LogP contribution in [0.5, 0.6) is 5.88 Å². The molecule has 4 heteroatoms. The molecule has 0 bridgehead atoms. The summed E-state index contributed by atoms with van der Waals surface area (Å²) in [5, 5.41) is 0. The highest BCUT2D eigenvalue weighted by atomic mass is 16.5. The average molecular weight is 166 g/mol. The second-order valence-electron chi connectivity index (χ2n) is 2.37. The van der Waals surface area contributed by atoms with E-state index in [1.807, 2.05) is 6.92 Å². The lowest BCUT2D eigenvalue weighted by Crippen LogP contribution is -2.13. The molecule has 1 rings (SSSR count). The highest BCUT2D eigenvalue weighted by Crippen LogP contribution is 2.14. The van der Waals surface area contributed by atoms with Gasteiger partial charge in [-0.3, -0.25) is 4.79 Å². The zero-order valence-corrected chi connectivity index (χ0v) is 7.00. The Morgan fingerprint density at radius 1 is 1.58 bits per heavy atom. The van der Waals surface area contributed by atoms with Crippen LogP contribution in [0, 0.1) is 6.92 Å². The van der Waals surface area contributed by atoms with Crippen molar-refractivity contribution in [1.82, 2.24) is 4.98 Å². The molecular weight excluding hydrogens is 156 g/mol. The maximum absolute atomic E-state index is 10.8. The van der Waals surface area contributed by atoms with Gasteiger partial charge >= 0.3 is 0 Å². The highest BCUT2D eigenvalue weighted by molar-refractivity contribution is 5.94. The minimum atomic E-state index is -0.528. The number of nitrogens with zero attached hydrogens (tertiary/aromatic N) is 1. The summed E-state index contributed by atoms with van der Waals surface area (Å²) in [6.45, 7) is 1.81. The van der Waals surface area contributed by atoms with Crippen molar-refractivity contribution in [1.29, 1.82) is 0 Å². The summed E-state index contributed by atoms with van der Waals surface area (Å²) in [5.74, 6) is -0.248. The molecule has 64 valence electrons. The van der Waals surface area contributed by atoms with Crippen LogP contribution in [0.2, 0.25) is 0 Å². The van der Waals surface area contributed by atoms with Gasteiger partial charge in [-0.05, 0) is 19.1 Å². The van der Waals surface area contributed by atoms with Crippen LogP contribution in [0.15, 0.2) is 12.1 Å². The summed E-state index contributed by atoms with van der Waals surface area (Å²) in [6, 6.07) is 3.31. The van der Waals surface area contributed by atoms with Crippen molar-refractivity contribution in [3.05, 3.63) is 23.4 Å². The molecule has 2 N–H and O–H groups in total. The molecule has 1 amide bonds. The van der Waals surface area contributed by atoms with E-state index < -0.39 is 5.91 Å². The number of methoxy groups -OCH3 is 1. The van der Waals surface area contributed by atoms with Gasteiger partial charge in [-0.15, -0.1) is 0 Å². The number of carbonyl (C=O) groups excluding carboxylic acids is 1. The lowest BCUT2D eigenvalue weighted by atomic mass is 10.2. The number of rotatable bonds is 2. The van der Waals surface area contributed by atoms with Crippen molar-refractivity contribution >= 4 is 5.91 Å². The van der Waals surface area contributed by atoms with Gasteiger partial charge in [0.05, 0.1) is 7.11 Å². The SMILES string of the molecule is COc1nc(C)ccc1C(N)=O. The van der Waals surface area contributed by atoms with E-state index in [1.54, 1.807) is 12.1 Å². The van der Waals surface area contributed by atoms with Crippen LogP contribution in [0.3, 0.4) is 0 Å². The molecule has 1 aromatic rings. The number of amides is 1. The Hall–Kier alpha value is -1.58. The number of aromatic nitrogens is 1. The fourth-order valence-electron chi connectivity index (χ4n) is 0.876. The van der Waals surface area contributed by atoms with Gasteiger partial charge in [-0.25, -0.2) is 4.98 Å². The van der Waals surface area contributed by atoms with E-state index >= 15 is 0 Å². The number of nitrogens with two attached hydrogens (primary N) is 1. The van der Waals surface area contributed by atoms with E-state index in [2.05, 4.69) is 4.98 Å². The number of ether oxygens (including phenoxy) is 1. The topological polar surface area (TPSA) is 65.2 Å². The van der Waals surface area contributed by atoms with Crippen molar-refractivity contribution in [3.8, 4) is 5.88 Å². The van der Waals surface area contributed by atoms with Gasteiger partial charge in [0.25, 0.3) is 5.91 Å². The van der Waals surface area contributed by atoms with E-state index in [9.17, 15) is 4.79 Å². The quantitative estimate of drug-likeness (QED) is 0.695. The monoisotopic (exact) mass is 166 g/mol. The summed E-state index contributed by atoms with van der Waals surface area (Å²) >= 11 is 0. The Morgan fingerprint density at radius 3 is 2.75 bits per heavy atom. The lowest BCUT2D eigenvalue weighted by molar-refractivity contribution is 0.0996. The summed E-state index contributed by atoms with van der Waals surface area (Å²) < 4.78 is 4.88. The molecule has 0 unspecified atom stereocenters. The standard InChI is InChI=1S/C8H10N2O2/c1-5-3-4-6(7(9)11)8(10-5)12-2/h3-4H,1-2H3,(H2,9,11). The van der Waals surface area contributed by atoms with Gasteiger partial charge in [0, 0.05) is 5.69 Å². The number of carbonyl (C=O) groups is 1. The van der Waals surface area contributed by atoms with Crippen molar-refractivity contribution in [3.63, 3.8) is 0 Å². The minimum Gasteiger partial charge on any atom is -0.480 e. The third-order valence-electron chi connectivity index (χ3n) is 1.46. The molecule has 0 atom stereocenters. The molecule has 1 aromatic heterocycles. The Bertz CT molecular complexity index is 310. The van der Waals surface area contributed by atoms with E-state index in [0.29, 0.717) is 5.56 Å². The summed E-state index contributed by atoms with van der Waals surface area (Å²) in [4.78, 5) is 14.8. The molecule has 0 aliphatic carbocycles. The first kappa shape index (κ1) is 8.52. The number of aryl methyl sites for hydroxylation is 1. The smallest absolute Gasteiger partial charge is 0.254 e. The van der Waals surface area contributed by atoms with Crippen LogP contribution in [0.1, 0.15) is 16.1 Å². The first-order valence-corrected chi connectivity index (χ1v) is 3.46. The Labute approximate surface area is 70.4 Å². The second kappa shape index (κ2) is 3.21.